The van der Waals surface area contributed by atoms with E-state index >= 15 is 0 Å². The lowest BCUT2D eigenvalue weighted by Gasteiger charge is -2.48. The third-order valence-electron chi connectivity index (χ3n) is 5.34. The highest BCUT2D eigenvalue weighted by Crippen LogP contribution is 2.46. The summed E-state index contributed by atoms with van der Waals surface area (Å²) in [6.07, 6.45) is 0.309. The summed E-state index contributed by atoms with van der Waals surface area (Å²) in [6.45, 7) is 12.8. The molecule has 2 aliphatic rings. The maximum Gasteiger partial charge on any atom is 0.410 e. The van der Waals surface area contributed by atoms with Gasteiger partial charge in [-0.25, -0.2) is 13.2 Å². The number of carbonyl (C=O) groups excluding carboxylic acids is 1. The number of carbonyl (C=O) groups is 1. The van der Waals surface area contributed by atoms with Gasteiger partial charge >= 0.3 is 6.09 Å². The zero-order valence-corrected chi connectivity index (χ0v) is 22.0. The van der Waals surface area contributed by atoms with Crippen LogP contribution >= 0.6 is 15.9 Å². The van der Waals surface area contributed by atoms with E-state index in [1.54, 1.807) is 4.90 Å². The Kier molecular flexibility index (Phi) is 6.06. The molecule has 3 rings (SSSR count). The molecule has 1 amide bonds. The number of fused-ring (bicyclic) bond motifs is 1. The molecule has 6 nitrogen and oxygen atoms in total. The van der Waals surface area contributed by atoms with E-state index in [0.29, 0.717) is 31.3 Å². The molecule has 1 aromatic carbocycles. The summed E-state index contributed by atoms with van der Waals surface area (Å²) in [4.78, 5) is 14.1. The van der Waals surface area contributed by atoms with Gasteiger partial charge in [-0.15, -0.1) is 0 Å². The van der Waals surface area contributed by atoms with E-state index < -0.39 is 29.1 Å². The second kappa shape index (κ2) is 7.74. The van der Waals surface area contributed by atoms with Crippen LogP contribution in [0.2, 0.25) is 25.7 Å². The minimum absolute atomic E-state index is 0.0709. The molecule has 0 atom stereocenters. The van der Waals surface area contributed by atoms with E-state index in [2.05, 4.69) is 40.0 Å². The second-order valence-corrected chi connectivity index (χ2v) is 18.9. The average Bonchev–Trinajstić information content (AvgIpc) is 2.83. The van der Waals surface area contributed by atoms with E-state index in [9.17, 15) is 13.2 Å². The molecule has 1 heterocycles. The Hall–Kier alpha value is -1.19. The van der Waals surface area contributed by atoms with Crippen molar-refractivity contribution in [1.82, 2.24) is 4.90 Å². The van der Waals surface area contributed by atoms with Crippen LogP contribution < -0.4 is 0 Å². The topological polar surface area (TPSA) is 76.0 Å². The first-order valence-corrected chi connectivity index (χ1v) is 16.3. The quantitative estimate of drug-likeness (QED) is 0.545. The van der Waals surface area contributed by atoms with Crippen LogP contribution in [0.1, 0.15) is 31.9 Å². The summed E-state index contributed by atoms with van der Waals surface area (Å²) in [5, 5.41) is 0. The zero-order valence-electron chi connectivity index (χ0n) is 18.6. The normalized spacial score (nSPS) is 19.7. The van der Waals surface area contributed by atoms with Crippen molar-refractivity contribution in [2.75, 3.05) is 18.8 Å². The molecule has 0 saturated carbocycles. The highest BCUT2D eigenvalue weighted by Gasteiger charge is 2.54. The summed E-state index contributed by atoms with van der Waals surface area (Å²) in [7, 11) is -5.10. The highest BCUT2D eigenvalue weighted by atomic mass is 79.9. The van der Waals surface area contributed by atoms with Crippen molar-refractivity contribution < 1.29 is 17.9 Å². The fourth-order valence-electron chi connectivity index (χ4n) is 3.82. The number of ether oxygens (including phenoxy) is 1. The number of sulfonamides is 1. The highest BCUT2D eigenvalue weighted by molar-refractivity contribution is 9.10. The molecule has 166 valence electrons. The zero-order chi connectivity index (χ0) is 22.5. The average molecular weight is 516 g/mol. The number of hydrogen-bond acceptors (Lipinski definition) is 4. The molecule has 1 fully saturated rings. The molecule has 1 aliphatic carbocycles. The molecule has 1 saturated heterocycles. The molecule has 0 unspecified atom stereocenters. The smallest absolute Gasteiger partial charge is 0.410 e. The van der Waals surface area contributed by atoms with Gasteiger partial charge in [-0.1, -0.05) is 41.6 Å². The van der Waals surface area contributed by atoms with Crippen LogP contribution in [-0.4, -0.2) is 57.6 Å². The van der Waals surface area contributed by atoms with Crippen molar-refractivity contribution in [3.63, 3.8) is 0 Å². The van der Waals surface area contributed by atoms with E-state index in [1.807, 2.05) is 39.0 Å². The SMILES string of the molecule is CC(C)(C)OC(=O)N1CC2(Cc3ccc(Br)cc3C2=NS(=O)(=O)CC[Si](C)(C)C)C1. The van der Waals surface area contributed by atoms with E-state index in [1.165, 1.54) is 0 Å². The molecule has 0 aromatic heterocycles. The second-order valence-electron chi connectivity index (χ2n) is 10.6. The monoisotopic (exact) mass is 514 g/mol. The Labute approximate surface area is 189 Å². The third kappa shape index (κ3) is 5.34. The molecule has 1 aromatic rings. The van der Waals surface area contributed by atoms with Gasteiger partial charge in [0.15, 0.2) is 0 Å². The lowest BCUT2D eigenvalue weighted by molar-refractivity contribution is -0.0117. The van der Waals surface area contributed by atoms with Gasteiger partial charge < -0.3 is 9.64 Å². The van der Waals surface area contributed by atoms with Crippen molar-refractivity contribution in [3.05, 3.63) is 33.8 Å². The van der Waals surface area contributed by atoms with Crippen molar-refractivity contribution in [1.29, 1.82) is 0 Å². The van der Waals surface area contributed by atoms with Gasteiger partial charge in [-0.3, -0.25) is 0 Å². The number of benzene rings is 1. The Morgan fingerprint density at radius 1 is 1.27 bits per heavy atom. The van der Waals surface area contributed by atoms with Gasteiger partial charge in [0, 0.05) is 31.2 Å². The Balaban J connectivity index is 1.90. The maximum absolute atomic E-state index is 12.9. The van der Waals surface area contributed by atoms with Crippen molar-refractivity contribution >= 4 is 45.8 Å². The Morgan fingerprint density at radius 2 is 1.90 bits per heavy atom. The lowest BCUT2D eigenvalue weighted by Crippen LogP contribution is -2.62. The first-order valence-electron chi connectivity index (χ1n) is 10.2. The molecule has 1 spiro atoms. The molecule has 1 aliphatic heterocycles. The van der Waals surface area contributed by atoms with Gasteiger partial charge in [0.25, 0.3) is 10.0 Å². The van der Waals surface area contributed by atoms with Gasteiger partial charge in [0.1, 0.15) is 5.60 Å². The predicted molar refractivity (Wildman–Crippen MR) is 127 cm³/mol. The van der Waals surface area contributed by atoms with Crippen molar-refractivity contribution in [2.24, 2.45) is 9.81 Å². The molecular weight excluding hydrogens is 484 g/mol. The van der Waals surface area contributed by atoms with Crippen LogP contribution in [0.15, 0.2) is 27.1 Å². The summed E-state index contributed by atoms with van der Waals surface area (Å²) in [6, 6.07) is 6.58. The van der Waals surface area contributed by atoms with Crippen LogP contribution in [0.5, 0.6) is 0 Å². The number of likely N-dealkylation sites (tertiary alicyclic amines) is 1. The van der Waals surface area contributed by atoms with E-state index in [-0.39, 0.29) is 11.8 Å². The van der Waals surface area contributed by atoms with E-state index in [4.69, 9.17) is 4.74 Å². The molecule has 30 heavy (non-hydrogen) atoms. The molecule has 0 bridgehead atoms. The van der Waals surface area contributed by atoms with Crippen molar-refractivity contribution in [2.45, 2.75) is 58.5 Å². The van der Waals surface area contributed by atoms with Gasteiger partial charge in [0.05, 0.1) is 16.9 Å². The van der Waals surface area contributed by atoms with Crippen molar-refractivity contribution in [3.8, 4) is 0 Å². The summed E-state index contributed by atoms with van der Waals surface area (Å²) in [5.41, 5.74) is 1.49. The number of nitrogens with zero attached hydrogens (tertiary/aromatic N) is 2. The lowest BCUT2D eigenvalue weighted by atomic mass is 9.76. The van der Waals surface area contributed by atoms with Crippen LogP contribution in [0.4, 0.5) is 4.79 Å². The van der Waals surface area contributed by atoms with Crippen LogP contribution in [0, 0.1) is 5.41 Å². The first kappa shape index (κ1) is 23.5. The maximum atomic E-state index is 12.9. The van der Waals surface area contributed by atoms with Gasteiger partial charge in [-0.2, -0.15) is 4.40 Å². The number of rotatable bonds is 4. The Morgan fingerprint density at radius 3 is 2.47 bits per heavy atom. The van der Waals surface area contributed by atoms with E-state index in [0.717, 1.165) is 15.6 Å². The number of amides is 1. The fourth-order valence-corrected chi connectivity index (χ4v) is 8.33. The van der Waals surface area contributed by atoms with Crippen LogP contribution in [0.25, 0.3) is 0 Å². The van der Waals surface area contributed by atoms with Gasteiger partial charge in [-0.05, 0) is 50.9 Å². The summed E-state index contributed by atoms with van der Waals surface area (Å²) in [5.74, 6) is 0.0709. The predicted octanol–water partition coefficient (Wildman–Crippen LogP) is 4.70. The molecule has 0 N–H and O–H groups in total. The number of hydrogen-bond donors (Lipinski definition) is 0. The number of halogens is 1. The summed E-state index contributed by atoms with van der Waals surface area (Å²) < 4.78 is 36.5. The molecule has 0 radical (unpaired) electrons. The minimum Gasteiger partial charge on any atom is -0.444 e. The minimum atomic E-state index is -3.59. The van der Waals surface area contributed by atoms with Crippen LogP contribution in [0.3, 0.4) is 0 Å². The third-order valence-corrected chi connectivity index (χ3v) is 9.12. The molecule has 9 heteroatoms. The Bertz CT molecular complexity index is 987. The largest absolute Gasteiger partial charge is 0.444 e. The molecular formula is C21H31BrN2O4SSi. The standard InChI is InChI=1S/C21H31BrN2O4SSi/c1-20(2,3)28-19(25)24-13-21(14-24)12-15-7-8-16(22)11-17(15)18(21)23-29(26,27)9-10-30(4,5)6/h7-8,11H,9-10,12-14H2,1-6H3. The van der Waals surface area contributed by atoms with Gasteiger partial charge in [0.2, 0.25) is 0 Å². The first-order chi connectivity index (χ1) is 13.6. The van der Waals surface area contributed by atoms with Crippen LogP contribution in [-0.2, 0) is 21.2 Å². The summed E-state index contributed by atoms with van der Waals surface area (Å²) >= 11 is 3.49. The fraction of sp³-hybridized carbons (Fsp3) is 0.619.